The molecule has 32 heavy (non-hydrogen) atoms. The van der Waals surface area contributed by atoms with Crippen LogP contribution in [0.15, 0.2) is 52.3 Å². The molecule has 2 heterocycles. The number of amides is 1. The van der Waals surface area contributed by atoms with Crippen LogP contribution in [0.4, 0.5) is 5.13 Å². The molecule has 1 fully saturated rings. The number of fused-ring (bicyclic) bond motifs is 1. The van der Waals surface area contributed by atoms with Crippen LogP contribution >= 0.6 is 34.9 Å². The van der Waals surface area contributed by atoms with Crippen LogP contribution in [0.1, 0.15) is 12.5 Å². The lowest BCUT2D eigenvalue weighted by atomic mass is 10.1. The largest absolute Gasteiger partial charge is 0.379 e. The zero-order valence-electron chi connectivity index (χ0n) is 18.6. The molecule has 1 amide bonds. The van der Waals surface area contributed by atoms with E-state index in [2.05, 4.69) is 60.5 Å². The second-order valence-electron chi connectivity index (χ2n) is 7.56. The molecule has 8 heteroatoms. The first kappa shape index (κ1) is 23.6. The lowest BCUT2D eigenvalue weighted by Gasteiger charge is -2.29. The lowest BCUT2D eigenvalue weighted by Crippen LogP contribution is -2.43. The number of benzene rings is 2. The first-order valence-corrected chi connectivity index (χ1v) is 14.0. The van der Waals surface area contributed by atoms with Crippen molar-refractivity contribution >= 4 is 56.1 Å². The molecule has 1 aliphatic rings. The van der Waals surface area contributed by atoms with E-state index in [1.807, 2.05) is 16.7 Å². The Morgan fingerprint density at radius 3 is 2.69 bits per heavy atom. The summed E-state index contributed by atoms with van der Waals surface area (Å²) in [6, 6.07) is 14.6. The Bertz CT molecular complexity index is 1030. The van der Waals surface area contributed by atoms with Crippen LogP contribution in [0, 0.1) is 0 Å². The molecular weight excluding hydrogens is 458 g/mol. The van der Waals surface area contributed by atoms with Crippen LogP contribution in [-0.4, -0.2) is 67.2 Å². The van der Waals surface area contributed by atoms with Gasteiger partial charge in [-0.1, -0.05) is 36.5 Å². The number of aromatic nitrogens is 1. The highest BCUT2D eigenvalue weighted by Gasteiger charge is 2.22. The highest BCUT2D eigenvalue weighted by atomic mass is 32.2. The highest BCUT2D eigenvalue weighted by Crippen LogP contribution is 2.34. The first-order chi connectivity index (χ1) is 15.7. The van der Waals surface area contributed by atoms with Crippen LogP contribution in [0.5, 0.6) is 0 Å². The molecule has 1 aromatic heterocycles. The van der Waals surface area contributed by atoms with E-state index >= 15 is 0 Å². The lowest BCUT2D eigenvalue weighted by molar-refractivity contribution is -0.118. The van der Waals surface area contributed by atoms with Crippen LogP contribution < -0.4 is 4.90 Å². The third kappa shape index (κ3) is 5.85. The number of rotatable bonds is 9. The summed E-state index contributed by atoms with van der Waals surface area (Å²) in [5.74, 6) is 1.14. The van der Waals surface area contributed by atoms with Gasteiger partial charge in [-0.25, -0.2) is 4.98 Å². The van der Waals surface area contributed by atoms with Gasteiger partial charge in [-0.3, -0.25) is 14.6 Å². The van der Waals surface area contributed by atoms with Crippen molar-refractivity contribution in [3.8, 4) is 0 Å². The normalized spacial score (nSPS) is 14.7. The Kier molecular flexibility index (Phi) is 8.49. The number of hydrogen-bond donors (Lipinski definition) is 0. The molecule has 4 rings (SSSR count). The number of carbonyl (C=O) groups excluding carboxylic acids is 1. The van der Waals surface area contributed by atoms with Gasteiger partial charge in [0.2, 0.25) is 5.91 Å². The fourth-order valence-corrected chi connectivity index (χ4v) is 6.05. The van der Waals surface area contributed by atoms with Crippen LogP contribution in [0.2, 0.25) is 0 Å². The summed E-state index contributed by atoms with van der Waals surface area (Å²) >= 11 is 5.11. The predicted octanol–water partition coefficient (Wildman–Crippen LogP) is 5.04. The highest BCUT2D eigenvalue weighted by molar-refractivity contribution is 7.99. The predicted molar refractivity (Wildman–Crippen MR) is 138 cm³/mol. The van der Waals surface area contributed by atoms with Crippen molar-refractivity contribution in [2.45, 2.75) is 23.1 Å². The topological polar surface area (TPSA) is 45.7 Å². The minimum absolute atomic E-state index is 0.0962. The molecule has 2 aromatic carbocycles. The Labute approximate surface area is 202 Å². The SMILES string of the molecule is CCSc1ccc(CC(=O)N(CCN2CCOCC2)c2nc3c(SC)cccc3s2)cc1. The quantitative estimate of drug-likeness (QED) is 0.394. The summed E-state index contributed by atoms with van der Waals surface area (Å²) in [6.07, 6.45) is 2.45. The van der Waals surface area contributed by atoms with Crippen molar-refractivity contribution in [1.29, 1.82) is 0 Å². The zero-order chi connectivity index (χ0) is 22.3. The minimum Gasteiger partial charge on any atom is -0.379 e. The second-order valence-corrected chi connectivity index (χ2v) is 10.8. The Morgan fingerprint density at radius 2 is 1.97 bits per heavy atom. The molecular formula is C24H29N3O2S3. The van der Waals surface area contributed by atoms with E-state index in [0.717, 1.165) is 64.4 Å². The molecule has 0 atom stereocenters. The number of ether oxygens (including phenoxy) is 1. The minimum atomic E-state index is 0.0962. The molecule has 170 valence electrons. The van der Waals surface area contributed by atoms with Crippen molar-refractivity contribution in [2.24, 2.45) is 0 Å². The van der Waals surface area contributed by atoms with E-state index in [1.54, 1.807) is 23.1 Å². The summed E-state index contributed by atoms with van der Waals surface area (Å²) in [4.78, 5) is 25.0. The van der Waals surface area contributed by atoms with Crippen molar-refractivity contribution in [2.75, 3.05) is 56.3 Å². The fraction of sp³-hybridized carbons (Fsp3) is 0.417. The Morgan fingerprint density at radius 1 is 1.19 bits per heavy atom. The molecule has 0 unspecified atom stereocenters. The Hall–Kier alpha value is -1.58. The van der Waals surface area contributed by atoms with Crippen molar-refractivity contribution in [3.05, 3.63) is 48.0 Å². The number of thioether (sulfide) groups is 2. The second kappa shape index (κ2) is 11.5. The monoisotopic (exact) mass is 487 g/mol. The number of para-hydroxylation sites is 1. The van der Waals surface area contributed by atoms with E-state index in [4.69, 9.17) is 9.72 Å². The van der Waals surface area contributed by atoms with E-state index in [1.165, 1.54) is 4.90 Å². The third-order valence-electron chi connectivity index (χ3n) is 5.46. The van der Waals surface area contributed by atoms with Crippen molar-refractivity contribution in [1.82, 2.24) is 9.88 Å². The number of hydrogen-bond acceptors (Lipinski definition) is 7. The average Bonchev–Trinajstić information content (AvgIpc) is 3.25. The van der Waals surface area contributed by atoms with Crippen molar-refractivity contribution in [3.63, 3.8) is 0 Å². The van der Waals surface area contributed by atoms with Crippen LogP contribution in [-0.2, 0) is 16.0 Å². The number of nitrogens with zero attached hydrogens (tertiary/aromatic N) is 3. The van der Waals surface area contributed by atoms with Gasteiger partial charge in [0.1, 0.15) is 0 Å². The standard InChI is InChI=1S/C24H29N3O2S3/c1-3-31-19-9-7-18(8-10-19)17-22(28)27(12-11-26-13-15-29-16-14-26)24-25-23-20(30-2)5-4-6-21(23)32-24/h4-10H,3,11-17H2,1-2H3. The van der Waals surface area contributed by atoms with Gasteiger partial charge < -0.3 is 4.74 Å². The van der Waals surface area contributed by atoms with Gasteiger partial charge in [-0.15, -0.1) is 23.5 Å². The van der Waals surface area contributed by atoms with Gasteiger partial charge in [0.05, 0.1) is 29.9 Å². The number of thiazole rings is 1. The smallest absolute Gasteiger partial charge is 0.233 e. The van der Waals surface area contributed by atoms with Crippen LogP contribution in [0.25, 0.3) is 10.2 Å². The molecule has 0 aliphatic carbocycles. The van der Waals surface area contributed by atoms with E-state index in [9.17, 15) is 4.79 Å². The molecule has 5 nitrogen and oxygen atoms in total. The van der Waals surface area contributed by atoms with Crippen molar-refractivity contribution < 1.29 is 9.53 Å². The number of carbonyl (C=O) groups is 1. The van der Waals surface area contributed by atoms with Gasteiger partial charge in [-0.05, 0) is 41.8 Å². The third-order valence-corrected chi connectivity index (χ3v) is 8.16. The maximum absolute atomic E-state index is 13.5. The van der Waals surface area contributed by atoms with Gasteiger partial charge in [-0.2, -0.15) is 0 Å². The van der Waals surface area contributed by atoms with E-state index in [0.29, 0.717) is 13.0 Å². The maximum atomic E-state index is 13.5. The first-order valence-electron chi connectivity index (χ1n) is 10.9. The summed E-state index contributed by atoms with van der Waals surface area (Å²) in [7, 11) is 0. The molecule has 0 bridgehead atoms. The summed E-state index contributed by atoms with van der Waals surface area (Å²) < 4.78 is 6.60. The molecule has 1 aliphatic heterocycles. The van der Waals surface area contributed by atoms with Gasteiger partial charge in [0.25, 0.3) is 0 Å². The average molecular weight is 488 g/mol. The maximum Gasteiger partial charge on any atom is 0.233 e. The van der Waals surface area contributed by atoms with Crippen LogP contribution in [0.3, 0.4) is 0 Å². The summed E-state index contributed by atoms with van der Waals surface area (Å²) in [5.41, 5.74) is 2.03. The van der Waals surface area contributed by atoms with Gasteiger partial charge in [0.15, 0.2) is 5.13 Å². The fourth-order valence-electron chi connectivity index (χ4n) is 3.73. The number of morpholine rings is 1. The summed E-state index contributed by atoms with van der Waals surface area (Å²) in [6.45, 7) is 6.95. The van der Waals surface area contributed by atoms with Gasteiger partial charge >= 0.3 is 0 Å². The summed E-state index contributed by atoms with van der Waals surface area (Å²) in [5, 5.41) is 0.790. The number of anilines is 1. The van der Waals surface area contributed by atoms with E-state index in [-0.39, 0.29) is 5.91 Å². The molecule has 0 saturated carbocycles. The molecule has 0 radical (unpaired) electrons. The Balaban J connectivity index is 1.55. The molecule has 0 spiro atoms. The van der Waals surface area contributed by atoms with Gasteiger partial charge in [0, 0.05) is 36.0 Å². The molecule has 3 aromatic rings. The molecule has 0 N–H and O–H groups in total. The zero-order valence-corrected chi connectivity index (χ0v) is 21.0. The molecule has 1 saturated heterocycles. The van der Waals surface area contributed by atoms with E-state index < -0.39 is 0 Å².